The Labute approximate surface area is 192 Å². The minimum Gasteiger partial charge on any atom is -0.494 e. The van der Waals surface area contributed by atoms with Gasteiger partial charge in [-0.3, -0.25) is 14.6 Å². The molecule has 3 rings (SSSR count). The van der Waals surface area contributed by atoms with Gasteiger partial charge in [-0.25, -0.2) is 14.6 Å². The molecule has 33 heavy (non-hydrogen) atoms. The van der Waals surface area contributed by atoms with Crippen LogP contribution in [0, 0.1) is 0 Å². The summed E-state index contributed by atoms with van der Waals surface area (Å²) in [5.41, 5.74) is 4.59. The molecule has 170 valence electrons. The minimum absolute atomic E-state index is 0.0867. The number of nitrogens with zero attached hydrogens (tertiary/aromatic N) is 3. The Morgan fingerprint density at radius 1 is 1.15 bits per heavy atom. The Kier molecular flexibility index (Phi) is 8.33. The molecule has 0 fully saturated rings. The Hall–Kier alpha value is -3.96. The highest BCUT2D eigenvalue weighted by Gasteiger charge is 2.10. The summed E-state index contributed by atoms with van der Waals surface area (Å²) in [5, 5.41) is 6.22. The van der Waals surface area contributed by atoms with E-state index in [9.17, 15) is 13.8 Å². The largest absolute Gasteiger partial charge is 0.494 e. The molecule has 1 atom stereocenters. The van der Waals surface area contributed by atoms with Crippen molar-refractivity contribution in [2.45, 2.75) is 6.92 Å². The summed E-state index contributed by atoms with van der Waals surface area (Å²) < 4.78 is 24.9. The highest BCUT2D eigenvalue weighted by molar-refractivity contribution is 7.79. The van der Waals surface area contributed by atoms with Gasteiger partial charge in [-0.15, -0.1) is 0 Å². The number of aromatic nitrogens is 2. The van der Waals surface area contributed by atoms with Gasteiger partial charge in [-0.05, 0) is 48.9 Å². The average Bonchev–Trinajstić information content (AvgIpc) is 2.83. The normalized spacial score (nSPS) is 11.7. The van der Waals surface area contributed by atoms with Gasteiger partial charge < -0.3 is 14.6 Å². The van der Waals surface area contributed by atoms with Gasteiger partial charge in [0.25, 0.3) is 11.8 Å². The molecular weight excluding hydrogens is 446 g/mol. The molecule has 0 aliphatic heterocycles. The van der Waals surface area contributed by atoms with Crippen LogP contribution in [-0.4, -0.2) is 49.2 Å². The molecule has 2 amide bonds. The second-order valence-electron chi connectivity index (χ2n) is 6.54. The number of hydrazone groups is 1. The van der Waals surface area contributed by atoms with E-state index in [2.05, 4.69) is 25.8 Å². The van der Waals surface area contributed by atoms with E-state index in [1.165, 1.54) is 18.5 Å². The predicted molar refractivity (Wildman–Crippen MR) is 123 cm³/mol. The van der Waals surface area contributed by atoms with Gasteiger partial charge >= 0.3 is 0 Å². The molecule has 3 aromatic rings. The van der Waals surface area contributed by atoms with E-state index in [1.54, 1.807) is 24.4 Å². The maximum absolute atomic E-state index is 12.4. The third-order valence-electron chi connectivity index (χ3n) is 4.21. The van der Waals surface area contributed by atoms with Crippen molar-refractivity contribution in [1.82, 2.24) is 20.7 Å². The molecule has 1 aromatic heterocycles. The summed E-state index contributed by atoms with van der Waals surface area (Å²) >= 11 is -2.13. The van der Waals surface area contributed by atoms with E-state index >= 15 is 0 Å². The van der Waals surface area contributed by atoms with Gasteiger partial charge in [-0.1, -0.05) is 12.1 Å². The van der Waals surface area contributed by atoms with Crippen LogP contribution in [0.25, 0.3) is 11.3 Å². The molecule has 0 radical (unpaired) electrons. The Morgan fingerprint density at radius 2 is 1.94 bits per heavy atom. The van der Waals surface area contributed by atoms with Crippen LogP contribution in [0.5, 0.6) is 5.75 Å². The number of carbonyl (C=O) groups excluding carboxylic acids is 2. The molecule has 10 nitrogen and oxygen atoms in total. The highest BCUT2D eigenvalue weighted by Crippen LogP contribution is 2.20. The van der Waals surface area contributed by atoms with Gasteiger partial charge in [0.15, 0.2) is 11.1 Å². The molecule has 0 aliphatic rings. The lowest BCUT2D eigenvalue weighted by atomic mass is 10.1. The van der Waals surface area contributed by atoms with Gasteiger partial charge in [-0.2, -0.15) is 5.10 Å². The summed E-state index contributed by atoms with van der Waals surface area (Å²) in [4.78, 5) is 32.8. The van der Waals surface area contributed by atoms with Crippen molar-refractivity contribution < 1.29 is 23.1 Å². The monoisotopic (exact) mass is 467 g/mol. The fourth-order valence-electron chi connectivity index (χ4n) is 2.72. The summed E-state index contributed by atoms with van der Waals surface area (Å²) in [6.45, 7) is 2.47. The smallest absolute Gasteiger partial charge is 0.291 e. The van der Waals surface area contributed by atoms with Crippen LogP contribution in [0.15, 0.2) is 66.0 Å². The number of carbonyl (C=O) groups is 2. The summed E-state index contributed by atoms with van der Waals surface area (Å²) in [7, 11) is 0. The first-order valence-electron chi connectivity index (χ1n) is 9.80. The first kappa shape index (κ1) is 23.7. The topological polar surface area (TPSA) is 143 Å². The summed E-state index contributed by atoms with van der Waals surface area (Å²) in [5.74, 6) is -0.685. The van der Waals surface area contributed by atoms with Gasteiger partial charge in [0.05, 0.1) is 30.9 Å². The molecule has 0 saturated carbocycles. The van der Waals surface area contributed by atoms with Crippen molar-refractivity contribution in [3.8, 4) is 17.0 Å². The van der Waals surface area contributed by atoms with E-state index in [0.29, 0.717) is 17.9 Å². The molecule has 0 aliphatic carbocycles. The quantitative estimate of drug-likeness (QED) is 0.249. The maximum Gasteiger partial charge on any atom is 0.291 e. The molecule has 3 N–H and O–H groups in total. The van der Waals surface area contributed by atoms with E-state index in [-0.39, 0.29) is 17.1 Å². The lowest BCUT2D eigenvalue weighted by molar-refractivity contribution is 0.0945. The SMILES string of the molecule is CCOc1ccc(-c2cncc(C(=O)N/N=C/c3cccc(C(=O)NCS(=O)O)c3)n2)cc1. The molecule has 2 aromatic carbocycles. The number of amides is 2. The van der Waals surface area contributed by atoms with Crippen molar-refractivity contribution >= 4 is 29.1 Å². The van der Waals surface area contributed by atoms with Crippen LogP contribution in [0.4, 0.5) is 0 Å². The zero-order valence-corrected chi connectivity index (χ0v) is 18.4. The zero-order valence-electron chi connectivity index (χ0n) is 17.6. The predicted octanol–water partition coefficient (Wildman–Crippen LogP) is 2.22. The number of rotatable bonds is 9. The molecule has 11 heteroatoms. The Bertz CT molecular complexity index is 1180. The Balaban J connectivity index is 1.64. The minimum atomic E-state index is -2.13. The maximum atomic E-state index is 12.4. The molecule has 0 spiro atoms. The number of nitrogens with one attached hydrogen (secondary N) is 2. The Morgan fingerprint density at radius 3 is 2.67 bits per heavy atom. The third kappa shape index (κ3) is 7.02. The first-order valence-corrected chi connectivity index (χ1v) is 11.1. The zero-order chi connectivity index (χ0) is 23.6. The van der Waals surface area contributed by atoms with Crippen molar-refractivity contribution in [3.63, 3.8) is 0 Å². The molecule has 0 bridgehead atoms. The van der Waals surface area contributed by atoms with Crippen molar-refractivity contribution in [2.24, 2.45) is 5.10 Å². The molecule has 1 heterocycles. The summed E-state index contributed by atoms with van der Waals surface area (Å²) in [6.07, 6.45) is 4.25. The van der Waals surface area contributed by atoms with Crippen molar-refractivity contribution in [1.29, 1.82) is 0 Å². The van der Waals surface area contributed by atoms with Crippen LogP contribution in [0.1, 0.15) is 33.3 Å². The number of ether oxygens (including phenoxy) is 1. The second kappa shape index (κ2) is 11.6. The van der Waals surface area contributed by atoms with Crippen LogP contribution in [0.3, 0.4) is 0 Å². The lowest BCUT2D eigenvalue weighted by Gasteiger charge is -2.06. The van der Waals surface area contributed by atoms with Crippen LogP contribution in [-0.2, 0) is 11.1 Å². The molecule has 0 saturated heterocycles. The summed E-state index contributed by atoms with van der Waals surface area (Å²) in [6, 6.07) is 13.7. The van der Waals surface area contributed by atoms with Crippen molar-refractivity contribution in [2.75, 3.05) is 12.5 Å². The fourth-order valence-corrected chi connectivity index (χ4v) is 2.97. The van der Waals surface area contributed by atoms with E-state index in [4.69, 9.17) is 9.29 Å². The van der Waals surface area contributed by atoms with E-state index in [1.807, 2.05) is 31.2 Å². The number of hydrogen-bond acceptors (Lipinski definition) is 7. The van der Waals surface area contributed by atoms with Gasteiger partial charge in [0, 0.05) is 11.1 Å². The van der Waals surface area contributed by atoms with Gasteiger partial charge in [0.1, 0.15) is 17.3 Å². The van der Waals surface area contributed by atoms with Crippen LogP contribution >= 0.6 is 0 Å². The average molecular weight is 468 g/mol. The third-order valence-corrected chi connectivity index (χ3v) is 4.60. The standard InChI is InChI=1S/C22H21N5O5S/c1-2-32-18-8-6-16(7-9-18)19-12-23-13-20(26-19)22(29)27-25-11-15-4-3-5-17(10-15)21(28)24-14-33(30)31/h3-13H,2,14H2,1H3,(H,24,28)(H,27,29)(H,30,31)/b25-11+. The number of benzene rings is 2. The van der Waals surface area contributed by atoms with E-state index in [0.717, 1.165) is 11.3 Å². The highest BCUT2D eigenvalue weighted by atomic mass is 32.2. The number of hydrogen-bond donors (Lipinski definition) is 3. The lowest BCUT2D eigenvalue weighted by Crippen LogP contribution is -2.26. The van der Waals surface area contributed by atoms with E-state index < -0.39 is 22.9 Å². The van der Waals surface area contributed by atoms with Crippen LogP contribution < -0.4 is 15.5 Å². The second-order valence-corrected chi connectivity index (χ2v) is 7.47. The van der Waals surface area contributed by atoms with Crippen molar-refractivity contribution in [3.05, 3.63) is 77.7 Å². The van der Waals surface area contributed by atoms with Gasteiger partial charge in [0.2, 0.25) is 0 Å². The fraction of sp³-hybridized carbons (Fsp3) is 0.136. The molecule has 1 unspecified atom stereocenters. The molecular formula is C22H21N5O5S. The first-order chi connectivity index (χ1) is 16.0. The van der Waals surface area contributed by atoms with Crippen LogP contribution in [0.2, 0.25) is 0 Å².